The molecule has 1 aromatic carbocycles. The molecule has 0 spiro atoms. The molecule has 328 valence electrons. The highest BCUT2D eigenvalue weighted by Gasteiger charge is 2.64. The average molecular weight is 843 g/mol. The molecule has 5 atom stereocenters. The van der Waals surface area contributed by atoms with Crippen LogP contribution in [0.4, 0.5) is 13.6 Å². The van der Waals surface area contributed by atoms with Crippen LogP contribution >= 0.6 is 0 Å². The number of hydrogen-bond acceptors (Lipinski definition) is 10. The van der Waals surface area contributed by atoms with E-state index in [0.717, 1.165) is 36.0 Å². The van der Waals surface area contributed by atoms with Gasteiger partial charge in [-0.15, -0.1) is 0 Å². The summed E-state index contributed by atoms with van der Waals surface area (Å²) < 4.78 is 65.7. The first kappa shape index (κ1) is 44.7. The number of aryl methyl sites for hydroxylation is 1. The van der Waals surface area contributed by atoms with E-state index in [4.69, 9.17) is 19.4 Å². The lowest BCUT2D eigenvalue weighted by molar-refractivity contribution is -0.140. The molecule has 3 aliphatic carbocycles. The minimum atomic E-state index is -4.17. The molecular formula is C40H64F2N6O9S. The lowest BCUT2D eigenvalue weighted by atomic mass is 9.98. The number of ether oxygens (including phenoxy) is 2. The molecule has 1 aromatic heterocycles. The molecule has 6 rings (SSSR count). The van der Waals surface area contributed by atoms with Gasteiger partial charge in [0.05, 0.1) is 29.4 Å². The largest absolute Gasteiger partial charge is 0.497 e. The molecule has 0 unspecified atom stereocenters. The van der Waals surface area contributed by atoms with Crippen molar-refractivity contribution < 1.29 is 55.2 Å². The number of unbranched alkanes of at least 4 members (excludes halogenated alkanes) is 2. The van der Waals surface area contributed by atoms with Crippen molar-refractivity contribution in [3.63, 3.8) is 0 Å². The first-order chi connectivity index (χ1) is 27.3. The van der Waals surface area contributed by atoms with E-state index >= 15 is 0 Å². The molecule has 2 aromatic rings. The molecule has 58 heavy (non-hydrogen) atoms. The van der Waals surface area contributed by atoms with Gasteiger partial charge in [-0.3, -0.25) is 19.1 Å². The van der Waals surface area contributed by atoms with E-state index in [0.29, 0.717) is 41.7 Å². The Hall–Kier alpha value is -4.35. The van der Waals surface area contributed by atoms with Gasteiger partial charge in [-0.1, -0.05) is 59.8 Å². The first-order valence-corrected chi connectivity index (χ1v) is 21.7. The second-order valence-electron chi connectivity index (χ2n) is 17.1. The van der Waals surface area contributed by atoms with E-state index in [9.17, 15) is 41.5 Å². The second kappa shape index (κ2) is 18.3. The van der Waals surface area contributed by atoms with Gasteiger partial charge in [-0.25, -0.2) is 32.0 Å². The monoisotopic (exact) mass is 842 g/mol. The number of rotatable bonds is 18. The molecule has 4 aliphatic rings. The third-order valence-corrected chi connectivity index (χ3v) is 13.5. The number of benzene rings is 1. The van der Waals surface area contributed by atoms with Gasteiger partial charge in [0.2, 0.25) is 34.1 Å². The molecule has 3 saturated carbocycles. The number of carboxylic acid groups (broad SMARTS) is 1. The van der Waals surface area contributed by atoms with E-state index in [1.165, 1.54) is 33.3 Å². The Balaban J connectivity index is 0.00000175. The van der Waals surface area contributed by atoms with Crippen LogP contribution in [0.5, 0.6) is 11.6 Å². The molecule has 0 radical (unpaired) electrons. The summed E-state index contributed by atoms with van der Waals surface area (Å²) in [6, 6.07) is 3.91. The number of alkyl halides is 2. The van der Waals surface area contributed by atoms with Gasteiger partial charge in [-0.2, -0.15) is 0 Å². The van der Waals surface area contributed by atoms with Gasteiger partial charge in [0.1, 0.15) is 35.7 Å². The summed E-state index contributed by atoms with van der Waals surface area (Å²) in [4.78, 5) is 63.2. The number of carbonyl (C=O) groups is 4. The van der Waals surface area contributed by atoms with E-state index in [1.54, 1.807) is 25.1 Å². The van der Waals surface area contributed by atoms with Crippen LogP contribution in [0.15, 0.2) is 18.2 Å². The topological polar surface area (TPSA) is 206 Å². The Morgan fingerprint density at radius 1 is 1.07 bits per heavy atom. The maximum Gasteiger partial charge on any atom is 0.405 e. The smallest absolute Gasteiger partial charge is 0.405 e. The van der Waals surface area contributed by atoms with Crippen molar-refractivity contribution >= 4 is 44.9 Å². The van der Waals surface area contributed by atoms with Gasteiger partial charge in [0, 0.05) is 22.7 Å². The number of aromatic nitrogens is 2. The summed E-state index contributed by atoms with van der Waals surface area (Å²) in [6.45, 7) is 8.72. The number of fused-ring (bicyclic) bond motifs is 1. The van der Waals surface area contributed by atoms with Crippen LogP contribution in [0.3, 0.4) is 0 Å². The predicted molar refractivity (Wildman–Crippen MR) is 217 cm³/mol. The summed E-state index contributed by atoms with van der Waals surface area (Å²) >= 11 is 0. The molecule has 1 saturated heterocycles. The molecule has 4 fully saturated rings. The van der Waals surface area contributed by atoms with Crippen molar-refractivity contribution in [2.24, 2.45) is 23.7 Å². The maximum atomic E-state index is 14.2. The molecular weight excluding hydrogens is 779 g/mol. The number of sulfonamides is 1. The highest BCUT2D eigenvalue weighted by molar-refractivity contribution is 7.91. The lowest BCUT2D eigenvalue weighted by Gasteiger charge is -2.28. The summed E-state index contributed by atoms with van der Waals surface area (Å²) in [5, 5.41) is 13.7. The summed E-state index contributed by atoms with van der Waals surface area (Å²) in [7, 11) is -2.65. The lowest BCUT2D eigenvalue weighted by Crippen LogP contribution is -2.58. The molecule has 18 heteroatoms. The Bertz CT molecular complexity index is 1960. The standard InChI is InChI=1S/C36H48F2N6O9S.C4H10.3H2/c1-20-27(53-32-25(8-6-4-5-7-21-9-10-21)40-24-12-11-23(52-3)16-26(24)41-32)19-44(29(45)18-39-34(48)49)30(20)31(46)42-36(17-22(36)15-28(37)38)33(47)43-54(50,51)35(2)13-14-35;1-4(2)3;;;/h11-12,16,20-22,27-28,30,39H,4-10,13-15,17-19H2,1-3H3,(H,42,46)(H,43,47)(H,48,49);4H,1-3H3;3*1H/t20-,22-,27+,30+,36-;;;;/m1..../s1. The van der Waals surface area contributed by atoms with Crippen LogP contribution in [-0.4, -0.2) is 101 Å². The Kier molecular flexibility index (Phi) is 14.1. The van der Waals surface area contributed by atoms with Crippen LogP contribution < -0.4 is 24.8 Å². The van der Waals surface area contributed by atoms with Crippen molar-refractivity contribution in [2.45, 2.75) is 134 Å². The number of amides is 4. The third kappa shape index (κ3) is 11.0. The third-order valence-electron chi connectivity index (χ3n) is 11.3. The molecule has 15 nitrogen and oxygen atoms in total. The zero-order chi connectivity index (χ0) is 42.6. The fraction of sp³-hybridized carbons (Fsp3) is 0.700. The van der Waals surface area contributed by atoms with E-state index in [1.807, 2.05) is 10.0 Å². The van der Waals surface area contributed by atoms with Crippen molar-refractivity contribution in [1.82, 2.24) is 30.2 Å². The predicted octanol–water partition coefficient (Wildman–Crippen LogP) is 5.94. The number of likely N-dealkylation sites (tertiary alicyclic amines) is 1. The Labute approximate surface area is 343 Å². The van der Waals surface area contributed by atoms with E-state index < -0.39 is 87.5 Å². The van der Waals surface area contributed by atoms with Gasteiger partial charge in [0.25, 0.3) is 5.91 Å². The Morgan fingerprint density at radius 3 is 2.36 bits per heavy atom. The molecule has 4 N–H and O–H groups in total. The van der Waals surface area contributed by atoms with Crippen molar-refractivity contribution in [2.75, 3.05) is 20.2 Å². The number of carbonyl (C=O) groups excluding carboxylic acids is 3. The second-order valence-corrected chi connectivity index (χ2v) is 19.3. The Morgan fingerprint density at radius 2 is 1.76 bits per heavy atom. The van der Waals surface area contributed by atoms with Gasteiger partial charge in [0.15, 0.2) is 0 Å². The summed E-state index contributed by atoms with van der Waals surface area (Å²) in [6.07, 6.45) is 1.67. The quantitative estimate of drug-likeness (QED) is 0.129. The average Bonchev–Trinajstić information content (AvgIpc) is 4.09. The summed E-state index contributed by atoms with van der Waals surface area (Å²) in [5.41, 5.74) is -0.275. The molecule has 1 aliphatic heterocycles. The van der Waals surface area contributed by atoms with Gasteiger partial charge in [-0.05, 0) is 68.9 Å². The minimum absolute atomic E-state index is 0. The normalized spacial score (nSPS) is 24.5. The van der Waals surface area contributed by atoms with Crippen molar-refractivity contribution in [3.05, 3.63) is 23.9 Å². The maximum absolute atomic E-state index is 14.2. The van der Waals surface area contributed by atoms with Crippen molar-refractivity contribution in [1.29, 1.82) is 0 Å². The van der Waals surface area contributed by atoms with E-state index in [2.05, 4.69) is 26.1 Å². The molecule has 4 amide bonds. The first-order valence-electron chi connectivity index (χ1n) is 20.2. The van der Waals surface area contributed by atoms with Crippen molar-refractivity contribution in [3.8, 4) is 11.6 Å². The minimum Gasteiger partial charge on any atom is -0.497 e. The van der Waals surface area contributed by atoms with Gasteiger partial charge < -0.3 is 30.1 Å². The SMILES string of the molecule is CC(C)C.COc1ccc2nc(CCCCCC3CC3)c(O[C@H]3CN(C(=O)CNC(=O)O)[C@H](C(=O)N[C@]4(C(=O)NS(=O)(=O)C5(C)CC5)C[C@H]4CC(F)F)[C@@H]3C)nc2c1.[HH].[HH].[HH]. The zero-order valence-electron chi connectivity index (χ0n) is 34.2. The molecule has 2 heterocycles. The highest BCUT2D eigenvalue weighted by atomic mass is 32.2. The van der Waals surface area contributed by atoms with Crippen LogP contribution in [0.2, 0.25) is 0 Å². The van der Waals surface area contributed by atoms with Crippen LogP contribution in [0.25, 0.3) is 11.0 Å². The fourth-order valence-electron chi connectivity index (χ4n) is 7.28. The van der Waals surface area contributed by atoms with Crippen LogP contribution in [0, 0.1) is 23.7 Å². The van der Waals surface area contributed by atoms with Gasteiger partial charge >= 0.3 is 6.09 Å². The number of halogens is 2. The number of methoxy groups -OCH3 is 1. The van der Waals surface area contributed by atoms with Crippen LogP contribution in [0.1, 0.15) is 109 Å². The number of nitrogens with one attached hydrogen (secondary N) is 3. The molecule has 0 bridgehead atoms. The number of nitrogens with zero attached hydrogens (tertiary/aromatic N) is 3. The van der Waals surface area contributed by atoms with E-state index in [-0.39, 0.29) is 23.1 Å². The number of hydrogen-bond donors (Lipinski definition) is 4. The zero-order valence-corrected chi connectivity index (χ0v) is 35.0. The highest BCUT2D eigenvalue weighted by Crippen LogP contribution is 2.49. The van der Waals surface area contributed by atoms with Crippen LogP contribution in [-0.2, 0) is 30.8 Å². The fourth-order valence-corrected chi connectivity index (χ4v) is 8.59. The summed E-state index contributed by atoms with van der Waals surface area (Å²) in [5.74, 6) is -2.26.